The quantitative estimate of drug-likeness (QED) is 0.427. The lowest BCUT2D eigenvalue weighted by Crippen LogP contribution is -2.30. The summed E-state index contributed by atoms with van der Waals surface area (Å²) in [6, 6.07) is 23.0. The number of nitrogens with one attached hydrogen (secondary N) is 2. The summed E-state index contributed by atoms with van der Waals surface area (Å²) in [4.78, 5) is 31.2. The van der Waals surface area contributed by atoms with Crippen molar-refractivity contribution in [2.45, 2.75) is 13.1 Å². The molecule has 2 heterocycles. The van der Waals surface area contributed by atoms with Crippen molar-refractivity contribution in [2.75, 3.05) is 10.6 Å². The van der Waals surface area contributed by atoms with E-state index in [9.17, 15) is 9.59 Å². The van der Waals surface area contributed by atoms with Crippen molar-refractivity contribution in [3.05, 3.63) is 114 Å². The molecule has 2 aromatic heterocycles. The Balaban J connectivity index is 1.44. The number of rotatable bonds is 7. The van der Waals surface area contributed by atoms with Gasteiger partial charge in [-0.3, -0.25) is 9.78 Å². The summed E-state index contributed by atoms with van der Waals surface area (Å²) in [6.45, 7) is 0.729. The molecule has 7 heteroatoms. The van der Waals surface area contributed by atoms with E-state index < -0.39 is 0 Å². The van der Waals surface area contributed by atoms with Crippen molar-refractivity contribution in [2.24, 2.45) is 0 Å². The number of aromatic nitrogens is 1. The SMILES string of the molecule is O=C(Nc1ccccc1)Nc1ccc(C(=O)N(Cc2cccnc2)Cc2ccco2)cc1. The van der Waals surface area contributed by atoms with Gasteiger partial charge in [-0.25, -0.2) is 4.79 Å². The second-order valence-electron chi connectivity index (χ2n) is 7.12. The van der Waals surface area contributed by atoms with Crippen LogP contribution in [0.5, 0.6) is 0 Å². The monoisotopic (exact) mass is 426 g/mol. The van der Waals surface area contributed by atoms with E-state index in [0.717, 1.165) is 5.56 Å². The first-order chi connectivity index (χ1) is 15.7. The third-order valence-electron chi connectivity index (χ3n) is 4.73. The van der Waals surface area contributed by atoms with Gasteiger partial charge < -0.3 is 20.0 Å². The number of nitrogens with zero attached hydrogens (tertiary/aromatic N) is 2. The molecule has 0 saturated carbocycles. The van der Waals surface area contributed by atoms with E-state index >= 15 is 0 Å². The molecule has 7 nitrogen and oxygen atoms in total. The van der Waals surface area contributed by atoms with Crippen LogP contribution in [0.25, 0.3) is 0 Å². The van der Waals surface area contributed by atoms with Crippen LogP contribution in [0.1, 0.15) is 21.7 Å². The van der Waals surface area contributed by atoms with Gasteiger partial charge in [-0.05, 0) is 60.2 Å². The van der Waals surface area contributed by atoms with E-state index in [0.29, 0.717) is 35.8 Å². The third kappa shape index (κ3) is 5.60. The van der Waals surface area contributed by atoms with Crippen LogP contribution < -0.4 is 10.6 Å². The summed E-state index contributed by atoms with van der Waals surface area (Å²) in [5, 5.41) is 5.52. The van der Waals surface area contributed by atoms with Gasteiger partial charge in [0, 0.05) is 35.9 Å². The lowest BCUT2D eigenvalue weighted by molar-refractivity contribution is 0.0717. The highest BCUT2D eigenvalue weighted by atomic mass is 16.3. The van der Waals surface area contributed by atoms with Gasteiger partial charge in [0.05, 0.1) is 12.8 Å². The smallest absolute Gasteiger partial charge is 0.323 e. The number of pyridine rings is 1. The molecule has 160 valence electrons. The number of hydrogen-bond donors (Lipinski definition) is 2. The first-order valence-electron chi connectivity index (χ1n) is 10.1. The van der Waals surface area contributed by atoms with E-state index in [4.69, 9.17) is 4.42 Å². The number of benzene rings is 2. The molecule has 0 atom stereocenters. The summed E-state index contributed by atoms with van der Waals surface area (Å²) < 4.78 is 5.44. The molecule has 4 aromatic rings. The Morgan fingerprint density at radius 3 is 2.22 bits per heavy atom. The van der Waals surface area contributed by atoms with Crippen LogP contribution in [-0.4, -0.2) is 21.8 Å². The third-order valence-corrected chi connectivity index (χ3v) is 4.73. The van der Waals surface area contributed by atoms with Crippen molar-refractivity contribution in [1.29, 1.82) is 0 Å². The minimum atomic E-state index is -0.355. The predicted molar refractivity (Wildman–Crippen MR) is 122 cm³/mol. The maximum Gasteiger partial charge on any atom is 0.323 e. The van der Waals surface area contributed by atoms with Crippen molar-refractivity contribution >= 4 is 23.3 Å². The highest BCUT2D eigenvalue weighted by Crippen LogP contribution is 2.17. The molecule has 32 heavy (non-hydrogen) atoms. The Kier molecular flexibility index (Phi) is 6.57. The molecule has 0 fully saturated rings. The molecule has 0 aliphatic heterocycles. The maximum absolute atomic E-state index is 13.2. The van der Waals surface area contributed by atoms with Crippen LogP contribution in [0.3, 0.4) is 0 Å². The molecular weight excluding hydrogens is 404 g/mol. The van der Waals surface area contributed by atoms with Gasteiger partial charge in [-0.15, -0.1) is 0 Å². The second kappa shape index (κ2) is 10.1. The summed E-state index contributed by atoms with van der Waals surface area (Å²) >= 11 is 0. The normalized spacial score (nSPS) is 10.4. The molecule has 2 N–H and O–H groups in total. The van der Waals surface area contributed by atoms with Gasteiger partial charge >= 0.3 is 6.03 Å². The Bertz CT molecular complexity index is 1150. The van der Waals surface area contributed by atoms with E-state index in [1.807, 2.05) is 36.4 Å². The van der Waals surface area contributed by atoms with Crippen LogP contribution >= 0.6 is 0 Å². The highest BCUT2D eigenvalue weighted by molar-refractivity contribution is 6.00. The Morgan fingerprint density at radius 2 is 1.56 bits per heavy atom. The summed E-state index contributed by atoms with van der Waals surface area (Å²) in [7, 11) is 0. The fraction of sp³-hybridized carbons (Fsp3) is 0.0800. The van der Waals surface area contributed by atoms with Crippen LogP contribution in [0, 0.1) is 0 Å². The molecular formula is C25H22N4O3. The van der Waals surface area contributed by atoms with Crippen molar-refractivity contribution in [1.82, 2.24) is 9.88 Å². The zero-order valence-corrected chi connectivity index (χ0v) is 17.3. The molecule has 3 amide bonds. The molecule has 0 saturated heterocycles. The van der Waals surface area contributed by atoms with Crippen molar-refractivity contribution in [3.63, 3.8) is 0 Å². The van der Waals surface area contributed by atoms with Gasteiger partial charge in [-0.2, -0.15) is 0 Å². The summed E-state index contributed by atoms with van der Waals surface area (Å²) in [5.74, 6) is 0.545. The number of amides is 3. The molecule has 0 spiro atoms. The van der Waals surface area contributed by atoms with Gasteiger partial charge in [0.25, 0.3) is 5.91 Å². The Morgan fingerprint density at radius 1 is 0.812 bits per heavy atom. The maximum atomic E-state index is 13.2. The lowest BCUT2D eigenvalue weighted by Gasteiger charge is -2.22. The fourth-order valence-corrected chi connectivity index (χ4v) is 3.20. The molecule has 0 radical (unpaired) electrons. The number of furan rings is 1. The first-order valence-corrected chi connectivity index (χ1v) is 10.1. The Labute approximate surface area is 185 Å². The number of hydrogen-bond acceptors (Lipinski definition) is 4. The zero-order valence-electron chi connectivity index (χ0n) is 17.3. The lowest BCUT2D eigenvalue weighted by atomic mass is 10.1. The molecule has 0 bridgehead atoms. The number of carbonyl (C=O) groups excluding carboxylic acids is 2. The number of urea groups is 1. The number of carbonyl (C=O) groups is 2. The van der Waals surface area contributed by atoms with Crippen LogP contribution in [-0.2, 0) is 13.1 Å². The Hall–Kier alpha value is -4.39. The molecule has 2 aromatic carbocycles. The highest BCUT2D eigenvalue weighted by Gasteiger charge is 2.18. The second-order valence-corrected chi connectivity index (χ2v) is 7.12. The van der Waals surface area contributed by atoms with Crippen molar-refractivity contribution in [3.8, 4) is 0 Å². The van der Waals surface area contributed by atoms with E-state index in [-0.39, 0.29) is 11.9 Å². The number of para-hydroxylation sites is 1. The van der Waals surface area contributed by atoms with Crippen LogP contribution in [0.4, 0.5) is 16.2 Å². The molecule has 4 rings (SSSR count). The number of anilines is 2. The zero-order chi connectivity index (χ0) is 22.2. The minimum absolute atomic E-state index is 0.148. The fourth-order valence-electron chi connectivity index (χ4n) is 3.20. The average Bonchev–Trinajstić information content (AvgIpc) is 3.33. The average molecular weight is 426 g/mol. The minimum Gasteiger partial charge on any atom is -0.467 e. The van der Waals surface area contributed by atoms with E-state index in [1.54, 1.807) is 66.0 Å². The van der Waals surface area contributed by atoms with Crippen molar-refractivity contribution < 1.29 is 14.0 Å². The van der Waals surface area contributed by atoms with Gasteiger partial charge in [0.15, 0.2) is 0 Å². The van der Waals surface area contributed by atoms with Gasteiger partial charge in [0.2, 0.25) is 0 Å². The van der Waals surface area contributed by atoms with E-state index in [2.05, 4.69) is 15.6 Å². The van der Waals surface area contributed by atoms with Gasteiger partial charge in [-0.1, -0.05) is 24.3 Å². The standard InChI is InChI=1S/C25H22N4O3/c30-24(29(18-23-9-5-15-32-23)17-19-6-4-14-26-16-19)20-10-12-22(13-11-20)28-25(31)27-21-7-2-1-3-8-21/h1-16H,17-18H2,(H2,27,28,31). The summed E-state index contributed by atoms with van der Waals surface area (Å²) in [5.41, 5.74) is 2.71. The van der Waals surface area contributed by atoms with Gasteiger partial charge in [0.1, 0.15) is 5.76 Å². The molecule has 0 aliphatic rings. The predicted octanol–water partition coefficient (Wildman–Crippen LogP) is 5.16. The van der Waals surface area contributed by atoms with Crippen LogP contribution in [0.2, 0.25) is 0 Å². The first kappa shape index (κ1) is 20.9. The molecule has 0 aliphatic carbocycles. The molecule has 0 unspecified atom stereocenters. The van der Waals surface area contributed by atoms with Crippen LogP contribution in [0.15, 0.2) is 102 Å². The topological polar surface area (TPSA) is 87.5 Å². The van der Waals surface area contributed by atoms with E-state index in [1.165, 1.54) is 0 Å². The largest absolute Gasteiger partial charge is 0.467 e. The summed E-state index contributed by atoms with van der Waals surface area (Å²) in [6.07, 6.45) is 5.02.